The van der Waals surface area contributed by atoms with E-state index >= 15 is 0 Å². The molecule has 0 aliphatic heterocycles. The second-order valence-electron chi connectivity index (χ2n) is 4.31. The smallest absolute Gasteiger partial charge is 0.369 e. The largest absolute Gasteiger partial charge is 0.433 e. The first kappa shape index (κ1) is 14.3. The van der Waals surface area contributed by atoms with Crippen LogP contribution in [0.1, 0.15) is 31.5 Å². The van der Waals surface area contributed by atoms with Crippen LogP contribution in [0.4, 0.5) is 19.0 Å². The first-order valence-electron chi connectivity index (χ1n) is 5.56. The van der Waals surface area contributed by atoms with Crippen LogP contribution in [0.25, 0.3) is 0 Å². The number of nitrogens with zero attached hydrogens (tertiary/aromatic N) is 2. The van der Waals surface area contributed by atoms with Crippen molar-refractivity contribution in [1.82, 2.24) is 4.98 Å². The van der Waals surface area contributed by atoms with Gasteiger partial charge in [0.05, 0.1) is 5.56 Å². The second kappa shape index (κ2) is 5.71. The molecule has 0 aliphatic rings. The zero-order valence-corrected chi connectivity index (χ0v) is 10.2. The number of nitrogens with one attached hydrogen (secondary N) is 1. The van der Waals surface area contributed by atoms with E-state index in [1.54, 1.807) is 0 Å². The quantitative estimate of drug-likeness (QED) is 0.898. The van der Waals surface area contributed by atoms with Gasteiger partial charge in [0.15, 0.2) is 0 Å². The van der Waals surface area contributed by atoms with Crippen LogP contribution in [-0.2, 0) is 6.18 Å². The fraction of sp³-hybridized carbons (Fsp3) is 0.500. The molecule has 0 amide bonds. The summed E-state index contributed by atoms with van der Waals surface area (Å²) in [5, 5.41) is 11.6. The molecule has 1 N–H and O–H groups in total. The fourth-order valence-electron chi connectivity index (χ4n) is 1.32. The molecule has 1 heterocycles. The van der Waals surface area contributed by atoms with Gasteiger partial charge in [-0.3, -0.25) is 0 Å². The summed E-state index contributed by atoms with van der Waals surface area (Å²) in [6.45, 7) is 4.50. The maximum absolute atomic E-state index is 12.5. The van der Waals surface area contributed by atoms with E-state index in [-0.39, 0.29) is 11.4 Å². The normalized spacial score (nSPS) is 11.4. The first-order valence-corrected chi connectivity index (χ1v) is 5.56. The Labute approximate surface area is 104 Å². The van der Waals surface area contributed by atoms with Gasteiger partial charge in [-0.05, 0) is 24.5 Å². The minimum atomic E-state index is -4.50. The summed E-state index contributed by atoms with van der Waals surface area (Å²) in [6, 6.07) is 3.76. The van der Waals surface area contributed by atoms with Crippen LogP contribution < -0.4 is 5.32 Å². The monoisotopic (exact) mass is 257 g/mol. The van der Waals surface area contributed by atoms with Crippen molar-refractivity contribution in [3.63, 3.8) is 0 Å². The lowest BCUT2D eigenvalue weighted by atomic mass is 10.1. The molecule has 3 nitrogen and oxygen atoms in total. The molecule has 1 aromatic heterocycles. The predicted molar refractivity (Wildman–Crippen MR) is 61.9 cm³/mol. The third kappa shape index (κ3) is 3.91. The minimum Gasteiger partial charge on any atom is -0.369 e. The van der Waals surface area contributed by atoms with E-state index < -0.39 is 11.9 Å². The van der Waals surface area contributed by atoms with Crippen molar-refractivity contribution in [3.05, 3.63) is 23.4 Å². The lowest BCUT2D eigenvalue weighted by Crippen LogP contribution is -2.13. The molecule has 98 valence electrons. The molecule has 6 heteroatoms. The first-order chi connectivity index (χ1) is 8.34. The summed E-state index contributed by atoms with van der Waals surface area (Å²) in [5.74, 6) is 0.418. The Morgan fingerprint density at radius 3 is 2.56 bits per heavy atom. The van der Waals surface area contributed by atoms with E-state index in [0.717, 1.165) is 18.6 Å². The van der Waals surface area contributed by atoms with E-state index in [2.05, 4.69) is 10.3 Å². The lowest BCUT2D eigenvalue weighted by molar-refractivity contribution is -0.141. The molecule has 0 saturated carbocycles. The van der Waals surface area contributed by atoms with Gasteiger partial charge >= 0.3 is 6.18 Å². The van der Waals surface area contributed by atoms with E-state index in [0.29, 0.717) is 12.5 Å². The molecule has 0 fully saturated rings. The summed E-state index contributed by atoms with van der Waals surface area (Å²) < 4.78 is 37.4. The molecule has 0 atom stereocenters. The highest BCUT2D eigenvalue weighted by molar-refractivity contribution is 5.52. The van der Waals surface area contributed by atoms with Crippen molar-refractivity contribution in [2.75, 3.05) is 11.9 Å². The SMILES string of the molecule is CC(C)CCNc1nc(C(F)(F)F)ccc1C#N. The number of halogens is 3. The highest BCUT2D eigenvalue weighted by Gasteiger charge is 2.33. The van der Waals surface area contributed by atoms with Gasteiger partial charge < -0.3 is 5.32 Å². The van der Waals surface area contributed by atoms with E-state index in [1.807, 2.05) is 19.9 Å². The van der Waals surface area contributed by atoms with Crippen molar-refractivity contribution in [1.29, 1.82) is 5.26 Å². The van der Waals surface area contributed by atoms with Gasteiger partial charge in [-0.2, -0.15) is 18.4 Å². The summed E-state index contributed by atoms with van der Waals surface area (Å²) in [5.41, 5.74) is -0.875. The van der Waals surface area contributed by atoms with Gasteiger partial charge in [-0.25, -0.2) is 4.98 Å². The van der Waals surface area contributed by atoms with Crippen molar-refractivity contribution in [3.8, 4) is 6.07 Å². The summed E-state index contributed by atoms with van der Waals surface area (Å²) in [7, 11) is 0. The third-order valence-corrected chi connectivity index (χ3v) is 2.32. The molecular formula is C12H14F3N3. The Bertz CT molecular complexity index is 447. The van der Waals surface area contributed by atoms with Gasteiger partial charge in [0, 0.05) is 6.54 Å². The Morgan fingerprint density at radius 2 is 2.06 bits per heavy atom. The number of hydrogen-bond donors (Lipinski definition) is 1. The van der Waals surface area contributed by atoms with Crippen LogP contribution in [0.3, 0.4) is 0 Å². The average molecular weight is 257 g/mol. The van der Waals surface area contributed by atoms with Gasteiger partial charge in [0.2, 0.25) is 0 Å². The Kier molecular flexibility index (Phi) is 4.54. The van der Waals surface area contributed by atoms with Gasteiger partial charge in [0.1, 0.15) is 17.6 Å². The third-order valence-electron chi connectivity index (χ3n) is 2.32. The maximum atomic E-state index is 12.5. The Hall–Kier alpha value is -1.77. The molecule has 0 aliphatic carbocycles. The van der Waals surface area contributed by atoms with E-state index in [1.165, 1.54) is 0 Å². The van der Waals surface area contributed by atoms with Crippen LogP contribution in [0.5, 0.6) is 0 Å². The number of nitriles is 1. The van der Waals surface area contributed by atoms with Crippen LogP contribution in [0.2, 0.25) is 0 Å². The van der Waals surface area contributed by atoms with Crippen molar-refractivity contribution < 1.29 is 13.2 Å². The molecule has 1 aromatic rings. The Morgan fingerprint density at radius 1 is 1.39 bits per heavy atom. The molecule has 0 spiro atoms. The van der Waals surface area contributed by atoms with Crippen LogP contribution in [-0.4, -0.2) is 11.5 Å². The molecule has 0 aromatic carbocycles. The molecule has 0 saturated heterocycles. The van der Waals surface area contributed by atoms with Gasteiger partial charge in [-0.1, -0.05) is 13.8 Å². The van der Waals surface area contributed by atoms with Crippen LogP contribution >= 0.6 is 0 Å². The summed E-state index contributed by atoms with van der Waals surface area (Å²) in [6.07, 6.45) is -3.70. The minimum absolute atomic E-state index is 0.00650. The standard InChI is InChI=1S/C12H14F3N3/c1-8(2)5-6-17-11-9(7-16)3-4-10(18-11)12(13,14)15/h3-4,8H,5-6H2,1-2H3,(H,17,18). The van der Waals surface area contributed by atoms with Crippen molar-refractivity contribution >= 4 is 5.82 Å². The summed E-state index contributed by atoms with van der Waals surface area (Å²) in [4.78, 5) is 3.45. The number of hydrogen-bond acceptors (Lipinski definition) is 3. The fourth-order valence-corrected chi connectivity index (χ4v) is 1.32. The number of pyridine rings is 1. The number of aromatic nitrogens is 1. The molecule has 0 radical (unpaired) electrons. The van der Waals surface area contributed by atoms with Crippen LogP contribution in [0.15, 0.2) is 12.1 Å². The maximum Gasteiger partial charge on any atom is 0.433 e. The topological polar surface area (TPSA) is 48.7 Å². The predicted octanol–water partition coefficient (Wildman–Crippen LogP) is 3.43. The zero-order chi connectivity index (χ0) is 13.8. The zero-order valence-electron chi connectivity index (χ0n) is 10.2. The Balaban J connectivity index is 2.90. The number of alkyl halides is 3. The molecule has 0 bridgehead atoms. The van der Waals surface area contributed by atoms with Crippen LogP contribution in [0, 0.1) is 17.2 Å². The van der Waals surface area contributed by atoms with Crippen molar-refractivity contribution in [2.24, 2.45) is 5.92 Å². The molecule has 18 heavy (non-hydrogen) atoms. The van der Waals surface area contributed by atoms with Gasteiger partial charge in [0.25, 0.3) is 0 Å². The highest BCUT2D eigenvalue weighted by atomic mass is 19.4. The molecule has 1 rings (SSSR count). The number of anilines is 1. The van der Waals surface area contributed by atoms with Gasteiger partial charge in [-0.15, -0.1) is 0 Å². The van der Waals surface area contributed by atoms with E-state index in [4.69, 9.17) is 5.26 Å². The van der Waals surface area contributed by atoms with E-state index in [9.17, 15) is 13.2 Å². The number of rotatable bonds is 4. The lowest BCUT2D eigenvalue weighted by Gasteiger charge is -2.11. The average Bonchev–Trinajstić information content (AvgIpc) is 2.27. The highest BCUT2D eigenvalue weighted by Crippen LogP contribution is 2.29. The molecular weight excluding hydrogens is 243 g/mol. The summed E-state index contributed by atoms with van der Waals surface area (Å²) >= 11 is 0. The van der Waals surface area contributed by atoms with Crippen molar-refractivity contribution in [2.45, 2.75) is 26.4 Å². The molecule has 0 unspecified atom stereocenters. The second-order valence-corrected chi connectivity index (χ2v) is 4.31.